The number of para-hydroxylation sites is 1. The number of thioether (sulfide) groups is 1. The number of rotatable bonds is 8. The molecule has 6 heteroatoms. The maximum atomic E-state index is 11.7. The number of aromatic nitrogens is 1. The Morgan fingerprint density at radius 2 is 2.09 bits per heavy atom. The predicted octanol–water partition coefficient (Wildman–Crippen LogP) is 2.72. The van der Waals surface area contributed by atoms with Crippen molar-refractivity contribution in [2.75, 3.05) is 18.9 Å². The quantitative estimate of drug-likeness (QED) is 0.758. The fourth-order valence-corrected chi connectivity index (χ4v) is 2.89. The summed E-state index contributed by atoms with van der Waals surface area (Å²) in [4.78, 5) is 11.7. The highest BCUT2D eigenvalue weighted by Crippen LogP contribution is 2.19. The van der Waals surface area contributed by atoms with Gasteiger partial charge in [-0.05, 0) is 26.0 Å². The van der Waals surface area contributed by atoms with Crippen LogP contribution in [0, 0.1) is 13.8 Å². The first kappa shape index (κ1) is 16.4. The van der Waals surface area contributed by atoms with Crippen molar-refractivity contribution in [2.24, 2.45) is 0 Å². The van der Waals surface area contributed by atoms with Crippen molar-refractivity contribution in [1.82, 2.24) is 10.5 Å². The van der Waals surface area contributed by atoms with Gasteiger partial charge in [-0.25, -0.2) is 0 Å². The summed E-state index contributed by atoms with van der Waals surface area (Å²) in [6.07, 6.45) is 0. The number of carbonyl (C=O) groups is 1. The Morgan fingerprint density at radius 3 is 2.77 bits per heavy atom. The smallest absolute Gasteiger partial charge is 0.230 e. The zero-order valence-corrected chi connectivity index (χ0v) is 13.6. The van der Waals surface area contributed by atoms with E-state index >= 15 is 0 Å². The number of amides is 1. The third kappa shape index (κ3) is 5.11. The highest BCUT2D eigenvalue weighted by molar-refractivity contribution is 7.99. The first-order valence-corrected chi connectivity index (χ1v) is 8.26. The van der Waals surface area contributed by atoms with Crippen LogP contribution in [0.1, 0.15) is 17.0 Å². The molecule has 5 nitrogen and oxygen atoms in total. The lowest BCUT2D eigenvalue weighted by Gasteiger charge is -2.07. The highest BCUT2D eigenvalue weighted by atomic mass is 32.2. The molecule has 2 aromatic rings. The zero-order chi connectivity index (χ0) is 15.8. The SMILES string of the molecule is Cc1noc(C)c1CSCC(=O)NCCOc1ccccc1. The van der Waals surface area contributed by atoms with Crippen molar-refractivity contribution in [3.8, 4) is 5.75 Å². The monoisotopic (exact) mass is 320 g/mol. The second kappa shape index (κ2) is 8.48. The van der Waals surface area contributed by atoms with Crippen molar-refractivity contribution < 1.29 is 14.1 Å². The Balaban J connectivity index is 1.58. The molecule has 0 atom stereocenters. The van der Waals surface area contributed by atoms with Crippen molar-refractivity contribution in [2.45, 2.75) is 19.6 Å². The molecule has 118 valence electrons. The van der Waals surface area contributed by atoms with E-state index in [0.717, 1.165) is 28.5 Å². The molecular weight excluding hydrogens is 300 g/mol. The maximum Gasteiger partial charge on any atom is 0.230 e. The van der Waals surface area contributed by atoms with Crippen LogP contribution in [-0.4, -0.2) is 30.0 Å². The summed E-state index contributed by atoms with van der Waals surface area (Å²) in [5.41, 5.74) is 1.96. The van der Waals surface area contributed by atoms with E-state index in [1.807, 2.05) is 44.2 Å². The van der Waals surface area contributed by atoms with E-state index < -0.39 is 0 Å². The van der Waals surface area contributed by atoms with E-state index in [1.165, 1.54) is 0 Å². The van der Waals surface area contributed by atoms with Crippen molar-refractivity contribution in [3.05, 3.63) is 47.3 Å². The Hall–Kier alpha value is -1.95. The molecule has 2 rings (SSSR count). The Morgan fingerprint density at radius 1 is 1.32 bits per heavy atom. The van der Waals surface area contributed by atoms with Gasteiger partial charge in [-0.1, -0.05) is 23.4 Å². The van der Waals surface area contributed by atoms with E-state index in [2.05, 4.69) is 10.5 Å². The van der Waals surface area contributed by atoms with E-state index in [1.54, 1.807) is 11.8 Å². The second-order valence-corrected chi connectivity index (χ2v) is 5.79. The lowest BCUT2D eigenvalue weighted by molar-refractivity contribution is -0.118. The molecular formula is C16H20N2O3S. The van der Waals surface area contributed by atoms with E-state index in [-0.39, 0.29) is 5.91 Å². The number of aryl methyl sites for hydroxylation is 2. The lowest BCUT2D eigenvalue weighted by atomic mass is 10.2. The Kier molecular flexibility index (Phi) is 6.33. The van der Waals surface area contributed by atoms with Gasteiger partial charge in [0.25, 0.3) is 0 Å². The standard InChI is InChI=1S/C16H20N2O3S/c1-12-15(13(2)21-18-12)10-22-11-16(19)17-8-9-20-14-6-4-3-5-7-14/h3-7H,8-11H2,1-2H3,(H,17,19). The number of ether oxygens (including phenoxy) is 1. The average Bonchev–Trinajstić information content (AvgIpc) is 2.84. The largest absolute Gasteiger partial charge is 0.492 e. The molecule has 0 fully saturated rings. The fraction of sp³-hybridized carbons (Fsp3) is 0.375. The van der Waals surface area contributed by atoms with Crippen LogP contribution in [-0.2, 0) is 10.5 Å². The fourth-order valence-electron chi connectivity index (χ4n) is 1.88. The molecule has 0 aliphatic carbocycles. The van der Waals surface area contributed by atoms with Crippen molar-refractivity contribution >= 4 is 17.7 Å². The molecule has 1 heterocycles. The van der Waals surface area contributed by atoms with Gasteiger partial charge in [-0.15, -0.1) is 11.8 Å². The minimum absolute atomic E-state index is 0.00780. The molecule has 0 saturated heterocycles. The summed E-state index contributed by atoms with van der Waals surface area (Å²) >= 11 is 1.55. The van der Waals surface area contributed by atoms with E-state index in [0.29, 0.717) is 18.9 Å². The molecule has 1 N–H and O–H groups in total. The van der Waals surface area contributed by atoms with Crippen molar-refractivity contribution in [1.29, 1.82) is 0 Å². The lowest BCUT2D eigenvalue weighted by Crippen LogP contribution is -2.29. The van der Waals surface area contributed by atoms with Crippen LogP contribution in [0.2, 0.25) is 0 Å². The summed E-state index contributed by atoms with van der Waals surface area (Å²) in [5, 5.41) is 6.74. The number of hydrogen-bond donors (Lipinski definition) is 1. The Labute approximate surface area is 134 Å². The van der Waals surface area contributed by atoms with Crippen LogP contribution in [0.15, 0.2) is 34.9 Å². The number of carbonyl (C=O) groups excluding carboxylic acids is 1. The highest BCUT2D eigenvalue weighted by Gasteiger charge is 2.09. The summed E-state index contributed by atoms with van der Waals surface area (Å²) in [5.74, 6) is 2.78. The number of nitrogens with zero attached hydrogens (tertiary/aromatic N) is 1. The number of nitrogens with one attached hydrogen (secondary N) is 1. The van der Waals surface area contributed by atoms with Crippen LogP contribution in [0.3, 0.4) is 0 Å². The molecule has 0 radical (unpaired) electrons. The predicted molar refractivity (Wildman–Crippen MR) is 87.1 cm³/mol. The molecule has 1 amide bonds. The maximum absolute atomic E-state index is 11.7. The molecule has 1 aromatic carbocycles. The first-order valence-electron chi connectivity index (χ1n) is 7.11. The first-order chi connectivity index (χ1) is 10.7. The third-order valence-corrected chi connectivity index (χ3v) is 4.06. The topological polar surface area (TPSA) is 64.4 Å². The van der Waals surface area contributed by atoms with Gasteiger partial charge in [-0.2, -0.15) is 0 Å². The van der Waals surface area contributed by atoms with Crippen LogP contribution in [0.25, 0.3) is 0 Å². The molecule has 22 heavy (non-hydrogen) atoms. The van der Waals surface area contributed by atoms with Gasteiger partial charge >= 0.3 is 0 Å². The molecule has 0 bridgehead atoms. The Bertz CT molecular complexity index is 579. The van der Waals surface area contributed by atoms with Crippen LogP contribution in [0.5, 0.6) is 5.75 Å². The van der Waals surface area contributed by atoms with Gasteiger partial charge in [0.1, 0.15) is 18.1 Å². The minimum Gasteiger partial charge on any atom is -0.492 e. The molecule has 0 spiro atoms. The van der Waals surface area contributed by atoms with Gasteiger partial charge in [0.15, 0.2) is 0 Å². The van der Waals surface area contributed by atoms with E-state index in [4.69, 9.17) is 9.26 Å². The van der Waals surface area contributed by atoms with Gasteiger partial charge in [0.05, 0.1) is 18.0 Å². The zero-order valence-electron chi connectivity index (χ0n) is 12.8. The summed E-state index contributed by atoms with van der Waals surface area (Å²) in [7, 11) is 0. The van der Waals surface area contributed by atoms with Gasteiger partial charge in [-0.3, -0.25) is 4.79 Å². The molecule has 0 saturated carbocycles. The number of benzene rings is 1. The molecule has 0 aliphatic rings. The van der Waals surface area contributed by atoms with Crippen molar-refractivity contribution in [3.63, 3.8) is 0 Å². The number of hydrogen-bond acceptors (Lipinski definition) is 5. The molecule has 0 unspecified atom stereocenters. The average molecular weight is 320 g/mol. The molecule has 1 aromatic heterocycles. The van der Waals surface area contributed by atoms with Crippen LogP contribution in [0.4, 0.5) is 0 Å². The van der Waals surface area contributed by atoms with Gasteiger partial charge in [0.2, 0.25) is 5.91 Å². The van der Waals surface area contributed by atoms with Crippen LogP contribution >= 0.6 is 11.8 Å². The summed E-state index contributed by atoms with van der Waals surface area (Å²) < 4.78 is 10.6. The van der Waals surface area contributed by atoms with E-state index in [9.17, 15) is 4.79 Å². The third-order valence-electron chi connectivity index (χ3n) is 3.10. The minimum atomic E-state index is 0.00780. The van der Waals surface area contributed by atoms with Gasteiger partial charge in [0, 0.05) is 11.3 Å². The second-order valence-electron chi connectivity index (χ2n) is 4.81. The van der Waals surface area contributed by atoms with Gasteiger partial charge < -0.3 is 14.6 Å². The normalized spacial score (nSPS) is 10.5. The van der Waals surface area contributed by atoms with Crippen LogP contribution < -0.4 is 10.1 Å². The summed E-state index contributed by atoms with van der Waals surface area (Å²) in [6, 6.07) is 9.55. The summed E-state index contributed by atoms with van der Waals surface area (Å²) in [6.45, 7) is 4.76. The molecule has 0 aliphatic heterocycles.